The van der Waals surface area contributed by atoms with Crippen LogP contribution in [-0.2, 0) is 0 Å². The van der Waals surface area contributed by atoms with E-state index in [-0.39, 0.29) is 0 Å². The largest absolute Gasteiger partial charge is 0.439 e. The number of rotatable bonds is 4. The minimum Gasteiger partial charge on any atom is -0.439 e. The van der Waals surface area contributed by atoms with Crippen LogP contribution in [0.4, 0.5) is 0 Å². The van der Waals surface area contributed by atoms with E-state index in [9.17, 15) is 4.79 Å². The van der Waals surface area contributed by atoms with Gasteiger partial charge in [-0.1, -0.05) is 0 Å². The van der Waals surface area contributed by atoms with Crippen LogP contribution >= 0.6 is 15.9 Å². The van der Waals surface area contributed by atoms with Gasteiger partial charge in [-0.05, 0) is 53.0 Å². The summed E-state index contributed by atoms with van der Waals surface area (Å²) in [6, 6.07) is 8.33. The Labute approximate surface area is 124 Å². The summed E-state index contributed by atoms with van der Waals surface area (Å²) in [5.41, 5.74) is 5.63. The summed E-state index contributed by atoms with van der Waals surface area (Å²) in [4.78, 5) is 19.7. The van der Waals surface area contributed by atoms with Gasteiger partial charge in [0.05, 0.1) is 0 Å². The zero-order chi connectivity index (χ0) is 14.1. The monoisotopic (exact) mass is 333 g/mol. The maximum atomic E-state index is 11.0. The molecule has 1 fully saturated rings. The first-order valence-corrected chi connectivity index (χ1v) is 7.03. The smallest absolute Gasteiger partial charge is 0.248 e. The predicted molar refractivity (Wildman–Crippen MR) is 76.7 cm³/mol. The minimum absolute atomic E-state index is 0.444. The summed E-state index contributed by atoms with van der Waals surface area (Å²) in [5.74, 6) is 1.88. The third-order valence-corrected chi connectivity index (χ3v) is 3.40. The SMILES string of the molecule is NC(=O)c1ccc(Oc2cc(Br)nc(C3CC3)n2)cc1. The molecule has 1 amide bonds. The highest BCUT2D eigenvalue weighted by Crippen LogP contribution is 2.39. The fourth-order valence-corrected chi connectivity index (χ4v) is 2.18. The molecule has 0 unspecified atom stereocenters. The number of halogens is 1. The van der Waals surface area contributed by atoms with E-state index in [2.05, 4.69) is 25.9 Å². The summed E-state index contributed by atoms with van der Waals surface area (Å²) < 4.78 is 6.39. The number of benzene rings is 1. The third-order valence-electron chi connectivity index (χ3n) is 2.99. The van der Waals surface area contributed by atoms with Gasteiger partial charge in [-0.3, -0.25) is 4.79 Å². The molecule has 0 aliphatic heterocycles. The van der Waals surface area contributed by atoms with Crippen molar-refractivity contribution in [3.8, 4) is 11.6 Å². The summed E-state index contributed by atoms with van der Waals surface area (Å²) in [6.07, 6.45) is 2.26. The molecule has 1 aromatic heterocycles. The van der Waals surface area contributed by atoms with Crippen molar-refractivity contribution in [3.05, 3.63) is 46.3 Å². The number of hydrogen-bond acceptors (Lipinski definition) is 4. The lowest BCUT2D eigenvalue weighted by Crippen LogP contribution is -2.10. The standard InChI is InChI=1S/C14H12BrN3O2/c15-11-7-12(18-14(17-11)9-1-2-9)20-10-5-3-8(4-6-10)13(16)19/h3-7,9H,1-2H2,(H2,16,19). The number of aromatic nitrogens is 2. The van der Waals surface area contributed by atoms with Crippen LogP contribution in [0.15, 0.2) is 34.9 Å². The first-order valence-electron chi connectivity index (χ1n) is 6.24. The van der Waals surface area contributed by atoms with E-state index in [0.29, 0.717) is 27.7 Å². The van der Waals surface area contributed by atoms with Gasteiger partial charge in [-0.15, -0.1) is 0 Å². The molecule has 0 saturated heterocycles. The van der Waals surface area contributed by atoms with Gasteiger partial charge in [0.25, 0.3) is 0 Å². The van der Waals surface area contributed by atoms with E-state index < -0.39 is 5.91 Å². The van der Waals surface area contributed by atoms with E-state index in [1.807, 2.05) is 0 Å². The second kappa shape index (κ2) is 5.20. The van der Waals surface area contributed by atoms with E-state index in [0.717, 1.165) is 18.7 Å². The van der Waals surface area contributed by atoms with E-state index in [4.69, 9.17) is 10.5 Å². The fourth-order valence-electron chi connectivity index (χ4n) is 1.80. The van der Waals surface area contributed by atoms with Gasteiger partial charge >= 0.3 is 0 Å². The lowest BCUT2D eigenvalue weighted by molar-refractivity contribution is 0.100. The summed E-state index contributed by atoms with van der Waals surface area (Å²) in [7, 11) is 0. The molecule has 5 nitrogen and oxygen atoms in total. The molecule has 0 spiro atoms. The van der Waals surface area contributed by atoms with Crippen LogP contribution in [0.3, 0.4) is 0 Å². The second-order valence-corrected chi connectivity index (χ2v) is 5.46. The van der Waals surface area contributed by atoms with Gasteiger partial charge in [0, 0.05) is 17.5 Å². The highest BCUT2D eigenvalue weighted by atomic mass is 79.9. The molecule has 102 valence electrons. The van der Waals surface area contributed by atoms with Gasteiger partial charge in [-0.2, -0.15) is 4.98 Å². The molecule has 2 aromatic rings. The van der Waals surface area contributed by atoms with Crippen LogP contribution in [0.25, 0.3) is 0 Å². The number of hydrogen-bond donors (Lipinski definition) is 1. The normalized spacial score (nSPS) is 14.1. The number of amides is 1. The lowest BCUT2D eigenvalue weighted by Gasteiger charge is -2.07. The first-order chi connectivity index (χ1) is 9.61. The molecular weight excluding hydrogens is 322 g/mol. The van der Waals surface area contributed by atoms with E-state index in [1.54, 1.807) is 30.3 Å². The minimum atomic E-state index is -0.461. The van der Waals surface area contributed by atoms with Crippen molar-refractivity contribution in [1.29, 1.82) is 0 Å². The van der Waals surface area contributed by atoms with Gasteiger partial charge in [0.1, 0.15) is 16.2 Å². The Hall–Kier alpha value is -1.95. The van der Waals surface area contributed by atoms with Crippen molar-refractivity contribution in [2.45, 2.75) is 18.8 Å². The molecule has 1 aliphatic rings. The Morgan fingerprint density at radius 2 is 1.95 bits per heavy atom. The first kappa shape index (κ1) is 13.1. The molecule has 0 atom stereocenters. The maximum Gasteiger partial charge on any atom is 0.248 e. The quantitative estimate of drug-likeness (QED) is 0.872. The Kier molecular flexibility index (Phi) is 3.40. The number of carbonyl (C=O) groups is 1. The van der Waals surface area contributed by atoms with Gasteiger partial charge in [0.15, 0.2) is 0 Å². The van der Waals surface area contributed by atoms with Crippen LogP contribution in [0.5, 0.6) is 11.6 Å². The molecule has 1 heterocycles. The van der Waals surface area contributed by atoms with Crippen LogP contribution in [-0.4, -0.2) is 15.9 Å². The predicted octanol–water partition coefficient (Wildman–Crippen LogP) is 3.01. The number of primary amides is 1. The average Bonchev–Trinajstić information content (AvgIpc) is 3.23. The molecule has 6 heteroatoms. The summed E-state index contributed by atoms with van der Waals surface area (Å²) in [5, 5.41) is 0. The highest BCUT2D eigenvalue weighted by Gasteiger charge is 2.27. The number of nitrogens with zero attached hydrogens (tertiary/aromatic N) is 2. The Bertz CT molecular complexity index is 654. The van der Waals surface area contributed by atoms with Crippen molar-refractivity contribution >= 4 is 21.8 Å². The molecule has 1 aliphatic carbocycles. The number of carbonyl (C=O) groups excluding carboxylic acids is 1. The van der Waals surface area contributed by atoms with Crippen molar-refractivity contribution in [2.24, 2.45) is 5.73 Å². The molecular formula is C14H12BrN3O2. The molecule has 20 heavy (non-hydrogen) atoms. The Balaban J connectivity index is 1.81. The van der Waals surface area contributed by atoms with Crippen molar-refractivity contribution < 1.29 is 9.53 Å². The molecule has 2 N–H and O–H groups in total. The Morgan fingerprint density at radius 1 is 1.25 bits per heavy atom. The van der Waals surface area contributed by atoms with Crippen molar-refractivity contribution in [2.75, 3.05) is 0 Å². The second-order valence-electron chi connectivity index (χ2n) is 4.65. The topological polar surface area (TPSA) is 78.1 Å². The maximum absolute atomic E-state index is 11.0. The molecule has 0 radical (unpaired) electrons. The zero-order valence-corrected chi connectivity index (χ0v) is 12.1. The van der Waals surface area contributed by atoms with Crippen LogP contribution < -0.4 is 10.5 Å². The molecule has 3 rings (SSSR count). The van der Waals surface area contributed by atoms with Crippen LogP contribution in [0.2, 0.25) is 0 Å². The van der Waals surface area contributed by atoms with E-state index >= 15 is 0 Å². The lowest BCUT2D eigenvalue weighted by atomic mass is 10.2. The van der Waals surface area contributed by atoms with E-state index in [1.165, 1.54) is 0 Å². The van der Waals surface area contributed by atoms with Gasteiger partial charge in [0.2, 0.25) is 11.8 Å². The van der Waals surface area contributed by atoms with Crippen molar-refractivity contribution in [1.82, 2.24) is 9.97 Å². The average molecular weight is 334 g/mol. The van der Waals surface area contributed by atoms with Gasteiger partial charge in [-0.25, -0.2) is 4.98 Å². The van der Waals surface area contributed by atoms with Crippen LogP contribution in [0, 0.1) is 0 Å². The molecule has 1 aromatic carbocycles. The zero-order valence-electron chi connectivity index (χ0n) is 10.5. The number of ether oxygens (including phenoxy) is 1. The highest BCUT2D eigenvalue weighted by molar-refractivity contribution is 9.10. The molecule has 1 saturated carbocycles. The van der Waals surface area contributed by atoms with Gasteiger partial charge < -0.3 is 10.5 Å². The molecule has 0 bridgehead atoms. The Morgan fingerprint density at radius 3 is 2.55 bits per heavy atom. The van der Waals surface area contributed by atoms with Crippen molar-refractivity contribution in [3.63, 3.8) is 0 Å². The van der Waals surface area contributed by atoms with Crippen LogP contribution in [0.1, 0.15) is 34.9 Å². The number of nitrogens with two attached hydrogens (primary N) is 1. The summed E-state index contributed by atoms with van der Waals surface area (Å²) >= 11 is 3.36. The fraction of sp³-hybridized carbons (Fsp3) is 0.214. The third kappa shape index (κ3) is 2.96. The summed E-state index contributed by atoms with van der Waals surface area (Å²) in [6.45, 7) is 0.